The van der Waals surface area contributed by atoms with Crippen LogP contribution in [0.15, 0.2) is 34.8 Å². The van der Waals surface area contributed by atoms with Gasteiger partial charge in [0.2, 0.25) is 0 Å². The van der Waals surface area contributed by atoms with Crippen molar-refractivity contribution in [1.82, 2.24) is 0 Å². The Labute approximate surface area is 124 Å². The Bertz CT molecular complexity index is 612. The number of anilines is 1. The molecule has 0 aliphatic rings. The molecule has 0 saturated carbocycles. The standard InChI is InChI=1S/C14H13BrFNO3/c1-18-8-3-9(19-2)5-10(4-8)20-14-7-12(16)11(15)6-13(14)17/h3-7H,17H2,1-2H3. The first-order valence-corrected chi connectivity index (χ1v) is 6.48. The lowest BCUT2D eigenvalue weighted by atomic mass is 10.2. The van der Waals surface area contributed by atoms with Gasteiger partial charge in [-0.3, -0.25) is 0 Å². The first-order valence-electron chi connectivity index (χ1n) is 5.69. The van der Waals surface area contributed by atoms with Gasteiger partial charge in [-0.25, -0.2) is 4.39 Å². The summed E-state index contributed by atoms with van der Waals surface area (Å²) in [6.07, 6.45) is 0. The van der Waals surface area contributed by atoms with Crippen molar-refractivity contribution in [3.8, 4) is 23.0 Å². The SMILES string of the molecule is COc1cc(OC)cc(Oc2cc(F)c(Br)cc2N)c1. The van der Waals surface area contributed by atoms with Gasteiger partial charge in [0.05, 0.1) is 24.4 Å². The average molecular weight is 342 g/mol. The van der Waals surface area contributed by atoms with E-state index in [1.54, 1.807) is 18.2 Å². The number of hydrogen-bond donors (Lipinski definition) is 1. The number of rotatable bonds is 4. The van der Waals surface area contributed by atoms with Crippen molar-refractivity contribution < 1.29 is 18.6 Å². The number of hydrogen-bond acceptors (Lipinski definition) is 4. The summed E-state index contributed by atoms with van der Waals surface area (Å²) in [7, 11) is 3.07. The smallest absolute Gasteiger partial charge is 0.153 e. The third-order valence-electron chi connectivity index (χ3n) is 2.61. The number of nitrogens with two attached hydrogens (primary N) is 1. The summed E-state index contributed by atoms with van der Waals surface area (Å²) in [4.78, 5) is 0. The van der Waals surface area contributed by atoms with E-state index in [2.05, 4.69) is 15.9 Å². The van der Waals surface area contributed by atoms with Crippen LogP contribution in [-0.2, 0) is 0 Å². The molecule has 0 atom stereocenters. The molecule has 0 spiro atoms. The minimum absolute atomic E-state index is 0.223. The minimum Gasteiger partial charge on any atom is -0.496 e. The highest BCUT2D eigenvalue weighted by Gasteiger charge is 2.10. The maximum absolute atomic E-state index is 13.5. The van der Waals surface area contributed by atoms with Crippen molar-refractivity contribution in [2.75, 3.05) is 20.0 Å². The molecule has 0 aliphatic carbocycles. The molecule has 0 fully saturated rings. The summed E-state index contributed by atoms with van der Waals surface area (Å²) in [6.45, 7) is 0. The number of halogens is 2. The zero-order valence-electron chi connectivity index (χ0n) is 10.9. The Morgan fingerprint density at radius 3 is 2.05 bits per heavy atom. The molecule has 0 aliphatic heterocycles. The Morgan fingerprint density at radius 2 is 1.50 bits per heavy atom. The lowest BCUT2D eigenvalue weighted by molar-refractivity contribution is 0.386. The summed E-state index contributed by atoms with van der Waals surface area (Å²) in [5.74, 6) is 1.34. The van der Waals surface area contributed by atoms with Crippen LogP contribution in [0.3, 0.4) is 0 Å². The maximum atomic E-state index is 13.5. The van der Waals surface area contributed by atoms with Crippen LogP contribution in [0.4, 0.5) is 10.1 Å². The van der Waals surface area contributed by atoms with Crippen molar-refractivity contribution in [2.24, 2.45) is 0 Å². The van der Waals surface area contributed by atoms with Crippen molar-refractivity contribution in [1.29, 1.82) is 0 Å². The highest BCUT2D eigenvalue weighted by atomic mass is 79.9. The second kappa shape index (κ2) is 6.00. The number of ether oxygens (including phenoxy) is 3. The van der Waals surface area contributed by atoms with E-state index in [0.717, 1.165) is 0 Å². The van der Waals surface area contributed by atoms with Crippen molar-refractivity contribution in [3.63, 3.8) is 0 Å². The fraction of sp³-hybridized carbons (Fsp3) is 0.143. The van der Waals surface area contributed by atoms with Crippen LogP contribution in [0.1, 0.15) is 0 Å². The molecular weight excluding hydrogens is 329 g/mol. The predicted molar refractivity (Wildman–Crippen MR) is 78.1 cm³/mol. The van der Waals surface area contributed by atoms with Gasteiger partial charge in [-0.2, -0.15) is 0 Å². The second-order valence-corrected chi connectivity index (χ2v) is 4.81. The summed E-state index contributed by atoms with van der Waals surface area (Å²) in [5, 5.41) is 0. The molecular formula is C14H13BrFNO3. The first-order chi connectivity index (χ1) is 9.53. The topological polar surface area (TPSA) is 53.7 Å². The van der Waals surface area contributed by atoms with Crippen LogP contribution in [0, 0.1) is 5.82 Å². The molecule has 2 rings (SSSR count). The Kier molecular flexibility index (Phi) is 4.34. The van der Waals surface area contributed by atoms with E-state index >= 15 is 0 Å². The molecule has 0 aromatic heterocycles. The molecule has 6 heteroatoms. The van der Waals surface area contributed by atoms with Crippen LogP contribution in [-0.4, -0.2) is 14.2 Å². The van der Waals surface area contributed by atoms with E-state index in [1.165, 1.54) is 26.4 Å². The highest BCUT2D eigenvalue weighted by Crippen LogP contribution is 2.35. The zero-order valence-corrected chi connectivity index (χ0v) is 12.5. The van der Waals surface area contributed by atoms with Gasteiger partial charge in [0.15, 0.2) is 5.75 Å². The van der Waals surface area contributed by atoms with Gasteiger partial charge in [0.1, 0.15) is 23.1 Å². The Balaban J connectivity index is 2.36. The molecule has 106 valence electrons. The Hall–Kier alpha value is -1.95. The van der Waals surface area contributed by atoms with Gasteiger partial charge >= 0.3 is 0 Å². The van der Waals surface area contributed by atoms with E-state index in [0.29, 0.717) is 22.9 Å². The van der Waals surface area contributed by atoms with Crippen LogP contribution in [0.25, 0.3) is 0 Å². The Morgan fingerprint density at radius 1 is 0.950 bits per heavy atom. The molecule has 0 radical (unpaired) electrons. The molecule has 0 amide bonds. The highest BCUT2D eigenvalue weighted by molar-refractivity contribution is 9.10. The van der Waals surface area contributed by atoms with Gasteiger partial charge in [-0.15, -0.1) is 0 Å². The van der Waals surface area contributed by atoms with E-state index in [1.807, 2.05) is 0 Å². The summed E-state index contributed by atoms with van der Waals surface area (Å²) in [6, 6.07) is 7.68. The van der Waals surface area contributed by atoms with E-state index in [-0.39, 0.29) is 10.2 Å². The quantitative estimate of drug-likeness (QED) is 0.854. The van der Waals surface area contributed by atoms with E-state index in [4.69, 9.17) is 19.9 Å². The van der Waals surface area contributed by atoms with Crippen molar-refractivity contribution in [3.05, 3.63) is 40.6 Å². The summed E-state index contributed by atoms with van der Waals surface area (Å²) >= 11 is 3.06. The largest absolute Gasteiger partial charge is 0.496 e. The maximum Gasteiger partial charge on any atom is 0.153 e. The third-order valence-corrected chi connectivity index (χ3v) is 3.21. The predicted octanol–water partition coefficient (Wildman–Crippen LogP) is 3.98. The lowest BCUT2D eigenvalue weighted by Crippen LogP contribution is -1.95. The van der Waals surface area contributed by atoms with Crippen molar-refractivity contribution in [2.45, 2.75) is 0 Å². The van der Waals surface area contributed by atoms with Crippen LogP contribution < -0.4 is 19.9 Å². The average Bonchev–Trinajstić information content (AvgIpc) is 2.44. The molecule has 2 N–H and O–H groups in total. The zero-order chi connectivity index (χ0) is 14.7. The fourth-order valence-corrected chi connectivity index (χ4v) is 1.96. The van der Waals surface area contributed by atoms with E-state index in [9.17, 15) is 4.39 Å². The second-order valence-electron chi connectivity index (χ2n) is 3.95. The molecule has 4 nitrogen and oxygen atoms in total. The van der Waals surface area contributed by atoms with Gasteiger partial charge < -0.3 is 19.9 Å². The van der Waals surface area contributed by atoms with Gasteiger partial charge in [0, 0.05) is 24.3 Å². The van der Waals surface area contributed by atoms with Crippen LogP contribution in [0.5, 0.6) is 23.0 Å². The fourth-order valence-electron chi connectivity index (χ4n) is 1.60. The molecule has 2 aromatic rings. The molecule has 20 heavy (non-hydrogen) atoms. The summed E-state index contributed by atoms with van der Waals surface area (Å²) in [5.41, 5.74) is 6.11. The molecule has 0 heterocycles. The molecule has 0 unspecified atom stereocenters. The number of benzene rings is 2. The first kappa shape index (κ1) is 14.5. The van der Waals surface area contributed by atoms with Gasteiger partial charge in [-0.1, -0.05) is 0 Å². The van der Waals surface area contributed by atoms with Gasteiger partial charge in [-0.05, 0) is 22.0 Å². The monoisotopic (exact) mass is 341 g/mol. The lowest BCUT2D eigenvalue weighted by Gasteiger charge is -2.12. The van der Waals surface area contributed by atoms with Crippen molar-refractivity contribution >= 4 is 21.6 Å². The number of nitrogen functional groups attached to an aromatic ring is 1. The summed E-state index contributed by atoms with van der Waals surface area (Å²) < 4.78 is 29.7. The van der Waals surface area contributed by atoms with Crippen LogP contribution >= 0.6 is 15.9 Å². The van der Waals surface area contributed by atoms with E-state index < -0.39 is 5.82 Å². The normalized spacial score (nSPS) is 10.2. The third kappa shape index (κ3) is 3.14. The number of methoxy groups -OCH3 is 2. The molecule has 0 saturated heterocycles. The minimum atomic E-state index is -0.455. The van der Waals surface area contributed by atoms with Crippen LogP contribution in [0.2, 0.25) is 0 Å². The molecule has 0 bridgehead atoms. The van der Waals surface area contributed by atoms with Gasteiger partial charge in [0.25, 0.3) is 0 Å². The molecule has 2 aromatic carbocycles.